The van der Waals surface area contributed by atoms with Crippen molar-refractivity contribution in [3.8, 4) is 0 Å². The number of halogens is 1. The summed E-state index contributed by atoms with van der Waals surface area (Å²) in [5, 5.41) is 0. The van der Waals surface area contributed by atoms with E-state index in [1.807, 2.05) is 12.3 Å². The summed E-state index contributed by atoms with van der Waals surface area (Å²) in [7, 11) is 1.77. The molecule has 23 heavy (non-hydrogen) atoms. The summed E-state index contributed by atoms with van der Waals surface area (Å²) < 4.78 is 23.0. The second-order valence-electron chi connectivity index (χ2n) is 5.84. The van der Waals surface area contributed by atoms with Gasteiger partial charge in [-0.1, -0.05) is 19.1 Å². The number of benzene rings is 1. The highest BCUT2D eigenvalue weighted by Gasteiger charge is 2.19. The molecular formula is C17H19ClN2O2S. The van der Waals surface area contributed by atoms with Crippen molar-refractivity contribution in [1.82, 2.24) is 9.88 Å². The highest BCUT2D eigenvalue weighted by atomic mass is 35.7. The van der Waals surface area contributed by atoms with Gasteiger partial charge in [-0.3, -0.25) is 9.88 Å². The monoisotopic (exact) mass is 350 g/mol. The number of rotatable bonds is 4. The Hall–Kier alpha value is -1.43. The van der Waals surface area contributed by atoms with Gasteiger partial charge in [-0.2, -0.15) is 0 Å². The molecule has 2 heterocycles. The molecule has 2 aromatic rings. The van der Waals surface area contributed by atoms with Crippen LogP contribution in [0.4, 0.5) is 0 Å². The Kier molecular flexibility index (Phi) is 4.71. The Balaban J connectivity index is 1.76. The van der Waals surface area contributed by atoms with Crippen molar-refractivity contribution in [2.75, 3.05) is 6.54 Å². The Morgan fingerprint density at radius 1 is 1.22 bits per heavy atom. The molecule has 6 heteroatoms. The van der Waals surface area contributed by atoms with Crippen molar-refractivity contribution in [2.24, 2.45) is 0 Å². The van der Waals surface area contributed by atoms with Crippen LogP contribution in [0.2, 0.25) is 0 Å². The smallest absolute Gasteiger partial charge is 0.261 e. The topological polar surface area (TPSA) is 50.3 Å². The molecule has 0 spiro atoms. The van der Waals surface area contributed by atoms with Crippen LogP contribution in [0, 0.1) is 0 Å². The van der Waals surface area contributed by atoms with Crippen LogP contribution in [-0.2, 0) is 35.0 Å². The van der Waals surface area contributed by atoms with E-state index >= 15 is 0 Å². The standard InChI is InChI=1S/C17H19ClN2O2S/c1-2-16-5-3-13(10-19-16)11-20-8-7-14-4-6-17(23(18,21)22)9-15(14)12-20/h3-6,9-10H,2,7-8,11-12H2,1H3. The van der Waals surface area contributed by atoms with E-state index in [9.17, 15) is 8.42 Å². The maximum Gasteiger partial charge on any atom is 0.261 e. The number of aryl methyl sites for hydroxylation is 1. The molecule has 0 unspecified atom stereocenters. The van der Waals surface area contributed by atoms with Gasteiger partial charge in [-0.15, -0.1) is 0 Å². The lowest BCUT2D eigenvalue weighted by Gasteiger charge is -2.29. The summed E-state index contributed by atoms with van der Waals surface area (Å²) in [6.07, 6.45) is 3.78. The van der Waals surface area contributed by atoms with E-state index in [1.165, 1.54) is 11.1 Å². The van der Waals surface area contributed by atoms with E-state index in [0.717, 1.165) is 43.7 Å². The predicted molar refractivity (Wildman–Crippen MR) is 90.9 cm³/mol. The number of aromatic nitrogens is 1. The summed E-state index contributed by atoms with van der Waals surface area (Å²) in [6, 6.07) is 9.33. The fraction of sp³-hybridized carbons (Fsp3) is 0.353. The van der Waals surface area contributed by atoms with E-state index in [2.05, 4.69) is 28.9 Å². The molecule has 0 saturated heterocycles. The van der Waals surface area contributed by atoms with Crippen molar-refractivity contribution in [3.63, 3.8) is 0 Å². The molecule has 4 nitrogen and oxygen atoms in total. The molecule has 0 N–H and O–H groups in total. The molecule has 0 fully saturated rings. The molecule has 0 bridgehead atoms. The van der Waals surface area contributed by atoms with Gasteiger partial charge in [0.2, 0.25) is 0 Å². The SMILES string of the molecule is CCc1ccc(CN2CCc3ccc(S(=O)(=O)Cl)cc3C2)cn1. The minimum atomic E-state index is -3.68. The van der Waals surface area contributed by atoms with E-state index in [0.29, 0.717) is 0 Å². The maximum atomic E-state index is 11.5. The van der Waals surface area contributed by atoms with E-state index in [-0.39, 0.29) is 4.90 Å². The van der Waals surface area contributed by atoms with Gasteiger partial charge < -0.3 is 0 Å². The van der Waals surface area contributed by atoms with Crippen molar-refractivity contribution < 1.29 is 8.42 Å². The highest BCUT2D eigenvalue weighted by molar-refractivity contribution is 8.13. The molecule has 0 radical (unpaired) electrons. The zero-order valence-corrected chi connectivity index (χ0v) is 14.6. The normalized spacial score (nSPS) is 15.4. The first-order valence-corrected chi connectivity index (χ1v) is 9.99. The molecule has 1 aromatic carbocycles. The lowest BCUT2D eigenvalue weighted by molar-refractivity contribution is 0.245. The Bertz CT molecular complexity index is 804. The third-order valence-electron chi connectivity index (χ3n) is 4.20. The van der Waals surface area contributed by atoms with Crippen LogP contribution in [0.25, 0.3) is 0 Å². The molecule has 1 aliphatic rings. The molecule has 1 aliphatic heterocycles. The van der Waals surface area contributed by atoms with Gasteiger partial charge in [-0.05, 0) is 47.7 Å². The molecule has 3 rings (SSSR count). The average molecular weight is 351 g/mol. The first kappa shape index (κ1) is 16.4. The lowest BCUT2D eigenvalue weighted by atomic mass is 9.99. The zero-order chi connectivity index (χ0) is 16.4. The quantitative estimate of drug-likeness (QED) is 0.795. The number of nitrogens with zero attached hydrogens (tertiary/aromatic N) is 2. The van der Waals surface area contributed by atoms with E-state index in [4.69, 9.17) is 10.7 Å². The molecule has 0 aliphatic carbocycles. The van der Waals surface area contributed by atoms with E-state index < -0.39 is 9.05 Å². The second kappa shape index (κ2) is 6.59. The highest BCUT2D eigenvalue weighted by Crippen LogP contribution is 2.25. The summed E-state index contributed by atoms with van der Waals surface area (Å²) in [6.45, 7) is 4.58. The van der Waals surface area contributed by atoms with Gasteiger partial charge >= 0.3 is 0 Å². The molecule has 0 amide bonds. The van der Waals surface area contributed by atoms with Crippen molar-refractivity contribution >= 4 is 19.7 Å². The third kappa shape index (κ3) is 3.91. The van der Waals surface area contributed by atoms with Crippen LogP contribution in [-0.4, -0.2) is 24.8 Å². The lowest BCUT2D eigenvalue weighted by Crippen LogP contribution is -2.30. The van der Waals surface area contributed by atoms with Crippen LogP contribution in [0.3, 0.4) is 0 Å². The van der Waals surface area contributed by atoms with E-state index in [1.54, 1.807) is 12.1 Å². The summed E-state index contributed by atoms with van der Waals surface area (Å²) >= 11 is 0. The van der Waals surface area contributed by atoms with Crippen molar-refractivity contribution in [2.45, 2.75) is 37.8 Å². The fourth-order valence-electron chi connectivity index (χ4n) is 2.89. The maximum absolute atomic E-state index is 11.5. The van der Waals surface area contributed by atoms with Gasteiger partial charge in [0, 0.05) is 42.2 Å². The van der Waals surface area contributed by atoms with Gasteiger partial charge in [0.25, 0.3) is 9.05 Å². The fourth-order valence-corrected chi connectivity index (χ4v) is 3.70. The Morgan fingerprint density at radius 2 is 2.04 bits per heavy atom. The van der Waals surface area contributed by atoms with Crippen molar-refractivity contribution in [3.05, 3.63) is 58.9 Å². The number of pyridine rings is 1. The van der Waals surface area contributed by atoms with Crippen LogP contribution >= 0.6 is 10.7 Å². The number of hydrogen-bond donors (Lipinski definition) is 0. The Labute approximate surface area is 141 Å². The molecule has 0 saturated carbocycles. The molecular weight excluding hydrogens is 332 g/mol. The van der Waals surface area contributed by atoms with Crippen molar-refractivity contribution in [1.29, 1.82) is 0 Å². The molecule has 1 aromatic heterocycles. The second-order valence-corrected chi connectivity index (χ2v) is 8.41. The molecule has 0 atom stereocenters. The van der Waals surface area contributed by atoms with Gasteiger partial charge in [0.05, 0.1) is 4.90 Å². The number of hydrogen-bond acceptors (Lipinski definition) is 4. The minimum Gasteiger partial charge on any atom is -0.294 e. The van der Waals surface area contributed by atoms with Crippen LogP contribution in [0.1, 0.15) is 29.3 Å². The minimum absolute atomic E-state index is 0.175. The largest absolute Gasteiger partial charge is 0.294 e. The van der Waals surface area contributed by atoms with Gasteiger partial charge in [-0.25, -0.2) is 8.42 Å². The average Bonchev–Trinajstić information content (AvgIpc) is 2.54. The summed E-state index contributed by atoms with van der Waals surface area (Å²) in [4.78, 5) is 6.91. The third-order valence-corrected chi connectivity index (χ3v) is 5.56. The van der Waals surface area contributed by atoms with Crippen LogP contribution in [0.5, 0.6) is 0 Å². The van der Waals surface area contributed by atoms with Gasteiger partial charge in [0.1, 0.15) is 0 Å². The predicted octanol–water partition coefficient (Wildman–Crippen LogP) is 3.13. The zero-order valence-electron chi connectivity index (χ0n) is 13.0. The number of fused-ring (bicyclic) bond motifs is 1. The van der Waals surface area contributed by atoms with Gasteiger partial charge in [0.15, 0.2) is 0 Å². The first-order valence-electron chi connectivity index (χ1n) is 7.68. The van der Waals surface area contributed by atoms with Crippen LogP contribution in [0.15, 0.2) is 41.4 Å². The first-order chi connectivity index (χ1) is 11.0. The Morgan fingerprint density at radius 3 is 2.70 bits per heavy atom. The summed E-state index contributed by atoms with van der Waals surface area (Å²) in [5.74, 6) is 0. The summed E-state index contributed by atoms with van der Waals surface area (Å²) in [5.41, 5.74) is 4.50. The molecule has 122 valence electrons. The van der Waals surface area contributed by atoms with Crippen LogP contribution < -0.4 is 0 Å².